The van der Waals surface area contributed by atoms with Crippen LogP contribution < -0.4 is 4.74 Å². The van der Waals surface area contributed by atoms with Gasteiger partial charge in [-0.15, -0.1) is 0 Å². The maximum Gasteiger partial charge on any atom is 0.308 e. The van der Waals surface area contributed by atoms with Crippen molar-refractivity contribution in [2.45, 2.75) is 20.3 Å². The van der Waals surface area contributed by atoms with Crippen molar-refractivity contribution in [3.8, 4) is 5.75 Å². The van der Waals surface area contributed by atoms with Gasteiger partial charge in [-0.2, -0.15) is 0 Å². The number of fused-ring (bicyclic) bond motifs is 1. The number of hydrogen-bond acceptors (Lipinski definition) is 2. The third-order valence-electron chi connectivity index (χ3n) is 3.45. The molecule has 0 saturated heterocycles. The molecule has 3 nitrogen and oxygen atoms in total. The molecule has 3 heteroatoms. The van der Waals surface area contributed by atoms with Gasteiger partial charge in [-0.05, 0) is 24.6 Å². The van der Waals surface area contributed by atoms with Crippen LogP contribution in [0.2, 0.25) is 0 Å². The number of esters is 1. The first-order valence-corrected chi connectivity index (χ1v) is 6.97. The van der Waals surface area contributed by atoms with Crippen molar-refractivity contribution in [3.63, 3.8) is 0 Å². The van der Waals surface area contributed by atoms with Crippen molar-refractivity contribution in [3.05, 3.63) is 65.4 Å². The number of carbonyl (C=O) groups is 1. The molecule has 0 aliphatic carbocycles. The molecule has 1 heterocycles. The molecule has 0 aliphatic heterocycles. The van der Waals surface area contributed by atoms with Crippen molar-refractivity contribution in [2.24, 2.45) is 0 Å². The molecule has 0 saturated carbocycles. The lowest BCUT2D eigenvalue weighted by Crippen LogP contribution is -2.04. The molecule has 0 atom stereocenters. The van der Waals surface area contributed by atoms with Crippen LogP contribution >= 0.6 is 0 Å². The third kappa shape index (κ3) is 2.82. The number of hydrogen-bond donors (Lipinski definition) is 1. The Morgan fingerprint density at radius 3 is 2.62 bits per heavy atom. The zero-order valence-corrected chi connectivity index (χ0v) is 12.1. The number of carbonyl (C=O) groups excluding carboxylic acids is 1. The lowest BCUT2D eigenvalue weighted by molar-refractivity contribution is -0.131. The molecule has 1 N–H and O–H groups in total. The van der Waals surface area contributed by atoms with Crippen molar-refractivity contribution in [1.82, 2.24) is 4.98 Å². The first kappa shape index (κ1) is 13.4. The van der Waals surface area contributed by atoms with E-state index in [9.17, 15) is 4.79 Å². The van der Waals surface area contributed by atoms with Crippen molar-refractivity contribution in [2.75, 3.05) is 0 Å². The fraction of sp³-hybridized carbons (Fsp3) is 0.167. The average Bonchev–Trinajstić information content (AvgIpc) is 2.83. The van der Waals surface area contributed by atoms with Gasteiger partial charge in [-0.25, -0.2) is 0 Å². The first-order valence-electron chi connectivity index (χ1n) is 6.97. The van der Waals surface area contributed by atoms with Crippen LogP contribution in [0.3, 0.4) is 0 Å². The van der Waals surface area contributed by atoms with E-state index in [0.717, 1.165) is 28.6 Å². The summed E-state index contributed by atoms with van der Waals surface area (Å²) in [4.78, 5) is 14.7. The fourth-order valence-corrected chi connectivity index (χ4v) is 2.58. The molecular formula is C18H17NO2. The van der Waals surface area contributed by atoms with Gasteiger partial charge < -0.3 is 9.72 Å². The number of nitrogens with one attached hydrogen (secondary N) is 1. The standard InChI is InChI=1S/C18H17NO2/c1-12-10-16-17(19-12)9-8-15(18(16)21-13(2)20)11-14-6-4-3-5-7-14/h3-10,19H,11H2,1-2H3. The Bertz CT molecular complexity index is 788. The highest BCUT2D eigenvalue weighted by Gasteiger charge is 2.13. The molecule has 0 bridgehead atoms. The zero-order chi connectivity index (χ0) is 14.8. The molecule has 0 amide bonds. The third-order valence-corrected chi connectivity index (χ3v) is 3.45. The minimum Gasteiger partial charge on any atom is -0.426 e. The molecule has 106 valence electrons. The van der Waals surface area contributed by atoms with Gasteiger partial charge in [0.2, 0.25) is 0 Å². The van der Waals surface area contributed by atoms with Gasteiger partial charge in [0, 0.05) is 35.5 Å². The molecule has 3 aromatic rings. The number of rotatable bonds is 3. The molecule has 0 aliphatic rings. The topological polar surface area (TPSA) is 42.1 Å². The second kappa shape index (κ2) is 5.44. The van der Waals surface area contributed by atoms with E-state index >= 15 is 0 Å². The summed E-state index contributed by atoms with van der Waals surface area (Å²) >= 11 is 0. The second-order valence-corrected chi connectivity index (χ2v) is 5.22. The van der Waals surface area contributed by atoms with Crippen LogP contribution in [0.15, 0.2) is 48.5 Å². The maximum atomic E-state index is 11.4. The molecule has 2 aromatic carbocycles. The van der Waals surface area contributed by atoms with E-state index in [1.165, 1.54) is 12.5 Å². The van der Waals surface area contributed by atoms with Gasteiger partial charge in [0.05, 0.1) is 0 Å². The monoisotopic (exact) mass is 279 g/mol. The highest BCUT2D eigenvalue weighted by Crippen LogP contribution is 2.32. The van der Waals surface area contributed by atoms with Crippen molar-refractivity contribution in [1.29, 1.82) is 0 Å². The Balaban J connectivity index is 2.10. The Labute approximate surface area is 123 Å². The predicted molar refractivity (Wildman–Crippen MR) is 83.6 cm³/mol. The van der Waals surface area contributed by atoms with Crippen molar-refractivity contribution < 1.29 is 9.53 Å². The van der Waals surface area contributed by atoms with Gasteiger partial charge in [0.15, 0.2) is 0 Å². The summed E-state index contributed by atoms with van der Waals surface area (Å²) in [5.74, 6) is 0.365. The van der Waals surface area contributed by atoms with Gasteiger partial charge in [0.25, 0.3) is 0 Å². The van der Waals surface area contributed by atoms with Crippen LogP contribution in [-0.4, -0.2) is 11.0 Å². The summed E-state index contributed by atoms with van der Waals surface area (Å²) in [7, 11) is 0. The second-order valence-electron chi connectivity index (χ2n) is 5.22. The lowest BCUT2D eigenvalue weighted by Gasteiger charge is -2.10. The molecule has 21 heavy (non-hydrogen) atoms. The van der Waals surface area contributed by atoms with Crippen LogP contribution in [-0.2, 0) is 11.2 Å². The van der Waals surface area contributed by atoms with Crippen LogP contribution in [0.4, 0.5) is 0 Å². The SMILES string of the molecule is CC(=O)Oc1c(Cc2ccccc2)ccc2[nH]c(C)cc12. The quantitative estimate of drug-likeness (QED) is 0.582. The Morgan fingerprint density at radius 2 is 1.90 bits per heavy atom. The number of benzene rings is 2. The molecule has 1 aromatic heterocycles. The average molecular weight is 279 g/mol. The summed E-state index contributed by atoms with van der Waals surface area (Å²) < 4.78 is 5.49. The van der Waals surface area contributed by atoms with Crippen LogP contribution in [0.25, 0.3) is 10.9 Å². The Morgan fingerprint density at radius 1 is 1.14 bits per heavy atom. The Hall–Kier alpha value is -2.55. The molecule has 0 unspecified atom stereocenters. The van der Waals surface area contributed by atoms with Crippen LogP contribution in [0.1, 0.15) is 23.7 Å². The molecular weight excluding hydrogens is 262 g/mol. The smallest absolute Gasteiger partial charge is 0.308 e. The fourth-order valence-electron chi connectivity index (χ4n) is 2.58. The summed E-state index contributed by atoms with van der Waals surface area (Å²) in [5.41, 5.74) is 4.25. The van der Waals surface area contributed by atoms with E-state index in [1.54, 1.807) is 0 Å². The molecule has 0 fully saturated rings. The number of ether oxygens (including phenoxy) is 1. The maximum absolute atomic E-state index is 11.4. The number of aromatic nitrogens is 1. The van der Waals surface area contributed by atoms with Crippen LogP contribution in [0.5, 0.6) is 5.75 Å². The minimum atomic E-state index is -0.296. The van der Waals surface area contributed by atoms with Gasteiger partial charge >= 0.3 is 5.97 Å². The molecule has 0 radical (unpaired) electrons. The van der Waals surface area contributed by atoms with E-state index in [1.807, 2.05) is 43.3 Å². The van der Waals surface area contributed by atoms with Gasteiger partial charge in [-0.1, -0.05) is 36.4 Å². The van der Waals surface area contributed by atoms with Gasteiger partial charge in [0.1, 0.15) is 5.75 Å². The number of aryl methyl sites for hydroxylation is 1. The minimum absolute atomic E-state index is 0.296. The van der Waals surface area contributed by atoms with Gasteiger partial charge in [-0.3, -0.25) is 4.79 Å². The first-order chi connectivity index (χ1) is 10.1. The molecule has 3 rings (SSSR count). The Kier molecular flexibility index (Phi) is 3.48. The normalized spacial score (nSPS) is 10.8. The number of H-pyrrole nitrogens is 1. The van der Waals surface area contributed by atoms with E-state index in [-0.39, 0.29) is 5.97 Å². The summed E-state index contributed by atoms with van der Waals surface area (Å²) in [6.07, 6.45) is 0.740. The largest absolute Gasteiger partial charge is 0.426 e. The summed E-state index contributed by atoms with van der Waals surface area (Å²) in [6.45, 7) is 3.43. The highest BCUT2D eigenvalue weighted by atomic mass is 16.5. The van der Waals surface area contributed by atoms with E-state index in [4.69, 9.17) is 4.74 Å². The van der Waals surface area contributed by atoms with E-state index in [0.29, 0.717) is 5.75 Å². The predicted octanol–water partition coefficient (Wildman–Crippen LogP) is 3.99. The zero-order valence-electron chi connectivity index (χ0n) is 12.1. The number of aromatic amines is 1. The highest BCUT2D eigenvalue weighted by molar-refractivity contribution is 5.90. The van der Waals surface area contributed by atoms with Crippen LogP contribution in [0, 0.1) is 6.92 Å². The summed E-state index contributed by atoms with van der Waals surface area (Å²) in [5, 5.41) is 0.955. The van der Waals surface area contributed by atoms with E-state index in [2.05, 4.69) is 17.1 Å². The molecule has 0 spiro atoms. The van der Waals surface area contributed by atoms with E-state index < -0.39 is 0 Å². The van der Waals surface area contributed by atoms with Crippen molar-refractivity contribution >= 4 is 16.9 Å². The summed E-state index contributed by atoms with van der Waals surface area (Å²) in [6, 6.07) is 16.2. The lowest BCUT2D eigenvalue weighted by atomic mass is 10.0.